The van der Waals surface area contributed by atoms with Crippen LogP contribution in [0.4, 0.5) is 17.6 Å². The third-order valence-electron chi connectivity index (χ3n) is 2.66. The lowest BCUT2D eigenvalue weighted by Crippen LogP contribution is -2.15. The first-order chi connectivity index (χ1) is 8.71. The third kappa shape index (κ3) is 4.63. The molecule has 0 saturated heterocycles. The molecule has 0 fully saturated rings. The lowest BCUT2D eigenvalue weighted by atomic mass is 10.0. The number of hydrogen-bond acceptors (Lipinski definition) is 2. The standard InChI is InChI=1S/C13H15F4NO/c1-8(18)3-2-4-12(19)9-5-6-11(14)10(7-9)13(15,16)17/h5-8H,2-4,18H2,1H3. The maximum Gasteiger partial charge on any atom is 0.419 e. The number of alkyl halides is 3. The molecule has 0 aliphatic rings. The first-order valence-corrected chi connectivity index (χ1v) is 5.87. The normalized spacial score (nSPS) is 13.4. The van der Waals surface area contributed by atoms with Gasteiger partial charge in [0.05, 0.1) is 5.56 Å². The molecule has 0 aromatic heterocycles. The van der Waals surface area contributed by atoms with E-state index in [2.05, 4.69) is 0 Å². The molecule has 2 N–H and O–H groups in total. The molecular weight excluding hydrogens is 262 g/mol. The molecule has 0 amide bonds. The van der Waals surface area contributed by atoms with Crippen LogP contribution < -0.4 is 5.73 Å². The summed E-state index contributed by atoms with van der Waals surface area (Å²) in [7, 11) is 0. The van der Waals surface area contributed by atoms with Gasteiger partial charge in [0.15, 0.2) is 5.78 Å². The summed E-state index contributed by atoms with van der Waals surface area (Å²) >= 11 is 0. The summed E-state index contributed by atoms with van der Waals surface area (Å²) in [5.74, 6) is -1.81. The molecule has 0 radical (unpaired) electrons. The third-order valence-corrected chi connectivity index (χ3v) is 2.66. The van der Waals surface area contributed by atoms with Crippen molar-refractivity contribution in [3.63, 3.8) is 0 Å². The van der Waals surface area contributed by atoms with Gasteiger partial charge in [0.1, 0.15) is 5.82 Å². The quantitative estimate of drug-likeness (QED) is 0.660. The first-order valence-electron chi connectivity index (χ1n) is 5.87. The highest BCUT2D eigenvalue weighted by atomic mass is 19.4. The summed E-state index contributed by atoms with van der Waals surface area (Å²) in [4.78, 5) is 11.7. The van der Waals surface area contributed by atoms with Crippen molar-refractivity contribution in [3.8, 4) is 0 Å². The zero-order chi connectivity index (χ0) is 14.6. The number of ketones is 1. The first kappa shape index (κ1) is 15.6. The van der Waals surface area contributed by atoms with Crippen LogP contribution in [0.25, 0.3) is 0 Å². The van der Waals surface area contributed by atoms with Gasteiger partial charge in [0, 0.05) is 18.0 Å². The lowest BCUT2D eigenvalue weighted by Gasteiger charge is -2.10. The molecule has 0 bridgehead atoms. The summed E-state index contributed by atoms with van der Waals surface area (Å²) in [5.41, 5.74) is 3.97. The number of benzene rings is 1. The van der Waals surface area contributed by atoms with Crippen LogP contribution in [0.1, 0.15) is 42.1 Å². The van der Waals surface area contributed by atoms with Gasteiger partial charge in [-0.1, -0.05) is 0 Å². The Kier molecular flexibility index (Phi) is 5.05. The number of rotatable bonds is 5. The minimum atomic E-state index is -4.80. The van der Waals surface area contributed by atoms with Crippen LogP contribution in [0.15, 0.2) is 18.2 Å². The van der Waals surface area contributed by atoms with Gasteiger partial charge in [-0.2, -0.15) is 13.2 Å². The molecule has 0 aliphatic heterocycles. The fraction of sp³-hybridized carbons (Fsp3) is 0.462. The van der Waals surface area contributed by atoms with Crippen LogP contribution in [0.3, 0.4) is 0 Å². The van der Waals surface area contributed by atoms with E-state index in [0.29, 0.717) is 25.0 Å². The predicted octanol–water partition coefficient (Wildman–Crippen LogP) is 3.54. The van der Waals surface area contributed by atoms with E-state index in [0.717, 1.165) is 6.07 Å². The second-order valence-electron chi connectivity index (χ2n) is 4.49. The SMILES string of the molecule is CC(N)CCCC(=O)c1ccc(F)c(C(F)(F)F)c1. The van der Waals surface area contributed by atoms with Gasteiger partial charge < -0.3 is 5.73 Å². The van der Waals surface area contributed by atoms with Crippen molar-refractivity contribution in [2.45, 2.75) is 38.4 Å². The highest BCUT2D eigenvalue weighted by Crippen LogP contribution is 2.32. The zero-order valence-corrected chi connectivity index (χ0v) is 10.4. The number of Topliss-reactive ketones (excluding diaryl/α,β-unsaturated/α-hetero) is 1. The van der Waals surface area contributed by atoms with Crippen LogP contribution in [-0.2, 0) is 6.18 Å². The molecule has 0 aliphatic carbocycles. The maximum atomic E-state index is 13.0. The Morgan fingerprint density at radius 3 is 2.53 bits per heavy atom. The smallest absolute Gasteiger partial charge is 0.328 e. The molecule has 0 spiro atoms. The lowest BCUT2D eigenvalue weighted by molar-refractivity contribution is -0.140. The van der Waals surface area contributed by atoms with E-state index in [1.165, 1.54) is 0 Å². The second kappa shape index (κ2) is 6.14. The second-order valence-corrected chi connectivity index (χ2v) is 4.49. The topological polar surface area (TPSA) is 43.1 Å². The van der Waals surface area contributed by atoms with Gasteiger partial charge in [0.25, 0.3) is 0 Å². The van der Waals surface area contributed by atoms with E-state index in [1.807, 2.05) is 0 Å². The molecule has 2 nitrogen and oxygen atoms in total. The Morgan fingerprint density at radius 1 is 1.37 bits per heavy atom. The summed E-state index contributed by atoms with van der Waals surface area (Å²) < 4.78 is 50.5. The van der Waals surface area contributed by atoms with Crippen molar-refractivity contribution in [2.75, 3.05) is 0 Å². The molecule has 1 aromatic rings. The Morgan fingerprint density at radius 2 is 2.00 bits per heavy atom. The van der Waals surface area contributed by atoms with Crippen molar-refractivity contribution < 1.29 is 22.4 Å². The van der Waals surface area contributed by atoms with Crippen LogP contribution in [0, 0.1) is 5.82 Å². The number of nitrogens with two attached hydrogens (primary N) is 1. The predicted molar refractivity (Wildman–Crippen MR) is 63.2 cm³/mol. The molecule has 19 heavy (non-hydrogen) atoms. The molecular formula is C13H15F4NO. The van der Waals surface area contributed by atoms with Gasteiger partial charge in [-0.05, 0) is 38.0 Å². The van der Waals surface area contributed by atoms with Crippen molar-refractivity contribution in [1.82, 2.24) is 0 Å². The van der Waals surface area contributed by atoms with Crippen molar-refractivity contribution in [2.24, 2.45) is 5.73 Å². The zero-order valence-electron chi connectivity index (χ0n) is 10.4. The summed E-state index contributed by atoms with van der Waals surface area (Å²) in [6.45, 7) is 1.78. The monoisotopic (exact) mass is 277 g/mol. The van der Waals surface area contributed by atoms with Crippen molar-refractivity contribution in [1.29, 1.82) is 0 Å². The van der Waals surface area contributed by atoms with Gasteiger partial charge in [-0.15, -0.1) is 0 Å². The summed E-state index contributed by atoms with van der Waals surface area (Å²) in [5, 5.41) is 0. The van der Waals surface area contributed by atoms with E-state index in [1.54, 1.807) is 6.92 Å². The average Bonchev–Trinajstić information content (AvgIpc) is 2.27. The van der Waals surface area contributed by atoms with Gasteiger partial charge in [0.2, 0.25) is 0 Å². The van der Waals surface area contributed by atoms with E-state index in [-0.39, 0.29) is 18.0 Å². The van der Waals surface area contributed by atoms with E-state index < -0.39 is 23.3 Å². The van der Waals surface area contributed by atoms with Crippen LogP contribution in [0.5, 0.6) is 0 Å². The van der Waals surface area contributed by atoms with Crippen molar-refractivity contribution in [3.05, 3.63) is 35.1 Å². The van der Waals surface area contributed by atoms with E-state index >= 15 is 0 Å². The molecule has 106 valence electrons. The van der Waals surface area contributed by atoms with Crippen LogP contribution in [-0.4, -0.2) is 11.8 Å². The van der Waals surface area contributed by atoms with Crippen LogP contribution in [0.2, 0.25) is 0 Å². The van der Waals surface area contributed by atoms with Crippen LogP contribution >= 0.6 is 0 Å². The minimum Gasteiger partial charge on any atom is -0.328 e. The van der Waals surface area contributed by atoms with Gasteiger partial charge >= 0.3 is 6.18 Å². The molecule has 1 atom stereocenters. The Hall–Kier alpha value is -1.43. The van der Waals surface area contributed by atoms with E-state index in [4.69, 9.17) is 5.73 Å². The number of carbonyl (C=O) groups excluding carboxylic acids is 1. The van der Waals surface area contributed by atoms with E-state index in [9.17, 15) is 22.4 Å². The Labute approximate surface area is 108 Å². The highest BCUT2D eigenvalue weighted by Gasteiger charge is 2.34. The summed E-state index contributed by atoms with van der Waals surface area (Å²) in [6, 6.07) is 2.23. The molecule has 1 unspecified atom stereocenters. The fourth-order valence-corrected chi connectivity index (χ4v) is 1.64. The number of halogens is 4. The summed E-state index contributed by atoms with van der Waals surface area (Å²) in [6.07, 6.45) is -3.59. The molecule has 0 saturated carbocycles. The molecule has 1 aromatic carbocycles. The molecule has 0 heterocycles. The highest BCUT2D eigenvalue weighted by molar-refractivity contribution is 5.96. The minimum absolute atomic E-state index is 0.0632. The van der Waals surface area contributed by atoms with Crippen molar-refractivity contribution >= 4 is 5.78 Å². The Bertz CT molecular complexity index is 454. The average molecular weight is 277 g/mol. The van der Waals surface area contributed by atoms with Gasteiger partial charge in [-0.3, -0.25) is 4.79 Å². The number of hydrogen-bond donors (Lipinski definition) is 1. The molecule has 6 heteroatoms. The maximum absolute atomic E-state index is 13.0. The molecule has 1 rings (SSSR count). The largest absolute Gasteiger partial charge is 0.419 e. The fourth-order valence-electron chi connectivity index (χ4n) is 1.64. The Balaban J connectivity index is 2.82. The van der Waals surface area contributed by atoms with Gasteiger partial charge in [-0.25, -0.2) is 4.39 Å². The number of carbonyl (C=O) groups is 1.